The molecule has 5 heteroatoms. The van der Waals surface area contributed by atoms with E-state index in [0.717, 1.165) is 12.8 Å². The van der Waals surface area contributed by atoms with Crippen molar-refractivity contribution in [1.29, 1.82) is 5.41 Å². The van der Waals surface area contributed by atoms with Crippen LogP contribution in [0, 0.1) is 17.2 Å². The van der Waals surface area contributed by atoms with Crippen LogP contribution >= 0.6 is 0 Å². The Balaban J connectivity index is 2.41. The molecule has 1 saturated heterocycles. The molecule has 0 saturated carbocycles. The van der Waals surface area contributed by atoms with Gasteiger partial charge < -0.3 is 15.4 Å². The van der Waals surface area contributed by atoms with Crippen LogP contribution in [0.3, 0.4) is 0 Å². The van der Waals surface area contributed by atoms with Crippen molar-refractivity contribution in [3.8, 4) is 0 Å². The molecule has 1 aliphatic rings. The number of ether oxygens (including phenoxy) is 1. The van der Waals surface area contributed by atoms with E-state index in [-0.39, 0.29) is 17.8 Å². The second-order valence-electron chi connectivity index (χ2n) is 4.71. The van der Waals surface area contributed by atoms with Gasteiger partial charge in [0.25, 0.3) is 0 Å². The lowest BCUT2D eigenvalue weighted by molar-refractivity contribution is 0.0814. The van der Waals surface area contributed by atoms with Crippen LogP contribution in [0.1, 0.15) is 26.7 Å². The number of carbonyl (C=O) groups excluding carboxylic acids is 1. The van der Waals surface area contributed by atoms with E-state index in [9.17, 15) is 4.79 Å². The number of piperidine rings is 1. The molecule has 1 amide bonds. The van der Waals surface area contributed by atoms with E-state index >= 15 is 0 Å². The second-order valence-corrected chi connectivity index (χ2v) is 4.71. The quantitative estimate of drug-likeness (QED) is 0.565. The van der Waals surface area contributed by atoms with Crippen LogP contribution in [0.2, 0.25) is 0 Å². The minimum Gasteiger partial charge on any atom is -0.449 e. The summed E-state index contributed by atoms with van der Waals surface area (Å²) >= 11 is 0. The molecule has 1 fully saturated rings. The number of hydrogen-bond donors (Lipinski definition) is 2. The van der Waals surface area contributed by atoms with Gasteiger partial charge in [-0.15, -0.1) is 0 Å². The van der Waals surface area contributed by atoms with Gasteiger partial charge in [0.05, 0.1) is 12.4 Å². The summed E-state index contributed by atoms with van der Waals surface area (Å²) in [6.07, 6.45) is 1.50. The third-order valence-electron chi connectivity index (χ3n) is 2.66. The van der Waals surface area contributed by atoms with Gasteiger partial charge in [0.15, 0.2) is 0 Å². The molecule has 5 nitrogen and oxygen atoms in total. The van der Waals surface area contributed by atoms with Gasteiger partial charge in [-0.3, -0.25) is 5.41 Å². The summed E-state index contributed by atoms with van der Waals surface area (Å²) < 4.78 is 5.15. The highest BCUT2D eigenvalue weighted by atomic mass is 16.6. The standard InChI is InChI=1S/C11H21N3O2/c1-8(2)7-16-11(15)14-5-3-4-9(6-14)10(12)13/h8-9H,3-7H2,1-2H3,(H3,12,13). The highest BCUT2D eigenvalue weighted by Crippen LogP contribution is 2.16. The summed E-state index contributed by atoms with van der Waals surface area (Å²) in [4.78, 5) is 13.3. The summed E-state index contributed by atoms with van der Waals surface area (Å²) in [5.74, 6) is 0.513. The SMILES string of the molecule is CC(C)COC(=O)N1CCCC(C(=N)N)C1. The van der Waals surface area contributed by atoms with Gasteiger partial charge in [0, 0.05) is 19.0 Å². The number of amidine groups is 1. The molecular formula is C11H21N3O2. The largest absolute Gasteiger partial charge is 0.449 e. The van der Waals surface area contributed by atoms with Crippen molar-refractivity contribution < 1.29 is 9.53 Å². The normalized spacial score (nSPS) is 20.9. The fraction of sp³-hybridized carbons (Fsp3) is 0.818. The van der Waals surface area contributed by atoms with E-state index < -0.39 is 0 Å². The first kappa shape index (κ1) is 12.8. The van der Waals surface area contributed by atoms with E-state index in [1.807, 2.05) is 13.8 Å². The van der Waals surface area contributed by atoms with E-state index in [2.05, 4.69) is 0 Å². The summed E-state index contributed by atoms with van der Waals surface area (Å²) in [7, 11) is 0. The van der Waals surface area contributed by atoms with Crippen LogP contribution in [-0.4, -0.2) is 36.5 Å². The topological polar surface area (TPSA) is 79.4 Å². The average molecular weight is 227 g/mol. The lowest BCUT2D eigenvalue weighted by Crippen LogP contribution is -2.44. The lowest BCUT2D eigenvalue weighted by atomic mass is 9.97. The number of likely N-dealkylation sites (tertiary alicyclic amines) is 1. The Hall–Kier alpha value is -1.26. The predicted octanol–water partition coefficient (Wildman–Crippen LogP) is 1.43. The molecule has 1 rings (SSSR count). The van der Waals surface area contributed by atoms with Gasteiger partial charge in [-0.2, -0.15) is 0 Å². The van der Waals surface area contributed by atoms with E-state index in [4.69, 9.17) is 15.9 Å². The Bertz CT molecular complexity index is 266. The highest BCUT2D eigenvalue weighted by molar-refractivity contribution is 5.80. The third kappa shape index (κ3) is 3.72. The maximum atomic E-state index is 11.7. The van der Waals surface area contributed by atoms with Crippen molar-refractivity contribution >= 4 is 11.9 Å². The Labute approximate surface area is 96.4 Å². The minimum atomic E-state index is -0.278. The van der Waals surface area contributed by atoms with E-state index in [1.165, 1.54) is 0 Å². The van der Waals surface area contributed by atoms with Crippen LogP contribution < -0.4 is 5.73 Å². The van der Waals surface area contributed by atoms with Gasteiger partial charge in [-0.25, -0.2) is 4.79 Å². The minimum absolute atomic E-state index is 0.000324. The molecular weight excluding hydrogens is 206 g/mol. The summed E-state index contributed by atoms with van der Waals surface area (Å²) in [6, 6.07) is 0. The number of nitrogens with zero attached hydrogens (tertiary/aromatic N) is 1. The average Bonchev–Trinajstić information content (AvgIpc) is 2.26. The summed E-state index contributed by atoms with van der Waals surface area (Å²) in [5, 5.41) is 7.39. The molecule has 0 aromatic rings. The van der Waals surface area contributed by atoms with Crippen molar-refractivity contribution in [1.82, 2.24) is 4.90 Å². The number of nitrogens with two attached hydrogens (primary N) is 1. The third-order valence-corrected chi connectivity index (χ3v) is 2.66. The maximum Gasteiger partial charge on any atom is 0.409 e. The Morgan fingerprint density at radius 3 is 2.88 bits per heavy atom. The van der Waals surface area contributed by atoms with Crippen LogP contribution in [0.4, 0.5) is 4.79 Å². The zero-order valence-corrected chi connectivity index (χ0v) is 10.0. The molecule has 0 radical (unpaired) electrons. The van der Waals surface area contributed by atoms with Crippen molar-refractivity contribution in [2.24, 2.45) is 17.6 Å². The molecule has 1 aliphatic heterocycles. The molecule has 3 N–H and O–H groups in total. The Morgan fingerprint density at radius 1 is 1.62 bits per heavy atom. The lowest BCUT2D eigenvalue weighted by Gasteiger charge is -2.31. The Morgan fingerprint density at radius 2 is 2.31 bits per heavy atom. The number of nitrogens with one attached hydrogen (secondary N) is 1. The van der Waals surface area contributed by atoms with Crippen LogP contribution in [0.5, 0.6) is 0 Å². The molecule has 1 unspecified atom stereocenters. The zero-order valence-electron chi connectivity index (χ0n) is 10.0. The molecule has 0 aromatic heterocycles. The van der Waals surface area contributed by atoms with E-state index in [1.54, 1.807) is 4.90 Å². The van der Waals surface area contributed by atoms with Crippen molar-refractivity contribution in [2.45, 2.75) is 26.7 Å². The Kier molecular flexibility index (Phi) is 4.58. The maximum absolute atomic E-state index is 11.7. The van der Waals surface area contributed by atoms with Crippen molar-refractivity contribution in [3.05, 3.63) is 0 Å². The molecule has 1 atom stereocenters. The van der Waals surface area contributed by atoms with Crippen molar-refractivity contribution in [3.63, 3.8) is 0 Å². The van der Waals surface area contributed by atoms with Gasteiger partial charge >= 0.3 is 6.09 Å². The van der Waals surface area contributed by atoms with Crippen LogP contribution in [-0.2, 0) is 4.74 Å². The molecule has 92 valence electrons. The smallest absolute Gasteiger partial charge is 0.409 e. The summed E-state index contributed by atoms with van der Waals surface area (Å²) in [5.41, 5.74) is 5.46. The first-order chi connectivity index (χ1) is 7.50. The first-order valence-corrected chi connectivity index (χ1v) is 5.76. The van der Waals surface area contributed by atoms with Gasteiger partial charge in [0.2, 0.25) is 0 Å². The monoisotopic (exact) mass is 227 g/mol. The number of carbonyl (C=O) groups is 1. The fourth-order valence-corrected chi connectivity index (χ4v) is 1.73. The molecule has 0 aliphatic carbocycles. The van der Waals surface area contributed by atoms with Crippen LogP contribution in [0.15, 0.2) is 0 Å². The molecule has 16 heavy (non-hydrogen) atoms. The van der Waals surface area contributed by atoms with Crippen molar-refractivity contribution in [2.75, 3.05) is 19.7 Å². The number of hydrogen-bond acceptors (Lipinski definition) is 3. The molecule has 0 spiro atoms. The number of rotatable bonds is 3. The highest BCUT2D eigenvalue weighted by Gasteiger charge is 2.26. The molecule has 0 bridgehead atoms. The number of amides is 1. The summed E-state index contributed by atoms with van der Waals surface area (Å²) in [6.45, 7) is 5.68. The van der Waals surface area contributed by atoms with Gasteiger partial charge in [-0.1, -0.05) is 13.8 Å². The van der Waals surface area contributed by atoms with E-state index in [0.29, 0.717) is 25.6 Å². The zero-order chi connectivity index (χ0) is 12.1. The molecule has 0 aromatic carbocycles. The predicted molar refractivity (Wildman–Crippen MR) is 62.4 cm³/mol. The van der Waals surface area contributed by atoms with Crippen LogP contribution in [0.25, 0.3) is 0 Å². The fourth-order valence-electron chi connectivity index (χ4n) is 1.73. The first-order valence-electron chi connectivity index (χ1n) is 5.76. The van der Waals surface area contributed by atoms with Gasteiger partial charge in [-0.05, 0) is 18.8 Å². The molecule has 1 heterocycles. The second kappa shape index (κ2) is 5.72. The van der Waals surface area contributed by atoms with Gasteiger partial charge in [0.1, 0.15) is 0 Å².